The van der Waals surface area contributed by atoms with Crippen LogP contribution in [0.25, 0.3) is 6.08 Å². The maximum absolute atomic E-state index is 12.9. The van der Waals surface area contributed by atoms with Crippen LogP contribution in [0, 0.1) is 11.6 Å². The van der Waals surface area contributed by atoms with Crippen LogP contribution in [0.3, 0.4) is 0 Å². The van der Waals surface area contributed by atoms with Gasteiger partial charge in [-0.3, -0.25) is 4.79 Å². The van der Waals surface area contributed by atoms with E-state index in [4.69, 9.17) is 5.73 Å². The number of carbonyl (C=O) groups excluding carboxylic acids is 1. The van der Waals surface area contributed by atoms with Crippen molar-refractivity contribution in [1.82, 2.24) is 0 Å². The number of esters is 1. The van der Waals surface area contributed by atoms with Crippen LogP contribution in [-0.2, 0) is 9.53 Å². The molecule has 16 heavy (non-hydrogen) atoms. The first-order valence-electron chi connectivity index (χ1n) is 4.52. The first-order chi connectivity index (χ1) is 7.54. The van der Waals surface area contributed by atoms with E-state index in [9.17, 15) is 13.6 Å². The number of benzene rings is 1. The molecule has 0 radical (unpaired) electrons. The van der Waals surface area contributed by atoms with Crippen LogP contribution in [-0.4, -0.2) is 13.1 Å². The van der Waals surface area contributed by atoms with Gasteiger partial charge in [0.2, 0.25) is 0 Å². The zero-order chi connectivity index (χ0) is 12.1. The van der Waals surface area contributed by atoms with Crippen molar-refractivity contribution in [3.05, 3.63) is 35.4 Å². The summed E-state index contributed by atoms with van der Waals surface area (Å²) in [4.78, 5) is 10.8. The monoisotopic (exact) mass is 227 g/mol. The maximum Gasteiger partial charge on any atom is 0.309 e. The summed E-state index contributed by atoms with van der Waals surface area (Å²) in [5.41, 5.74) is 5.90. The van der Waals surface area contributed by atoms with Gasteiger partial charge in [-0.25, -0.2) is 8.78 Å². The molecule has 0 fully saturated rings. The Morgan fingerprint density at radius 1 is 1.44 bits per heavy atom. The average molecular weight is 227 g/mol. The van der Waals surface area contributed by atoms with Gasteiger partial charge in [-0.1, -0.05) is 12.2 Å². The van der Waals surface area contributed by atoms with E-state index in [2.05, 4.69) is 4.74 Å². The minimum absolute atomic E-state index is 0.0505. The van der Waals surface area contributed by atoms with E-state index in [-0.39, 0.29) is 12.1 Å². The van der Waals surface area contributed by atoms with Gasteiger partial charge >= 0.3 is 5.97 Å². The lowest BCUT2D eigenvalue weighted by molar-refractivity contribution is -0.139. The van der Waals surface area contributed by atoms with Crippen molar-refractivity contribution in [2.45, 2.75) is 6.42 Å². The highest BCUT2D eigenvalue weighted by Gasteiger charge is 2.05. The topological polar surface area (TPSA) is 52.3 Å². The molecule has 0 saturated heterocycles. The van der Waals surface area contributed by atoms with Gasteiger partial charge in [0.1, 0.15) is 0 Å². The van der Waals surface area contributed by atoms with E-state index in [0.717, 1.165) is 12.1 Å². The summed E-state index contributed by atoms with van der Waals surface area (Å²) in [5, 5.41) is 0. The first-order valence-corrected chi connectivity index (χ1v) is 4.52. The van der Waals surface area contributed by atoms with Gasteiger partial charge in [0.25, 0.3) is 0 Å². The van der Waals surface area contributed by atoms with E-state index < -0.39 is 17.6 Å². The third kappa shape index (κ3) is 3.05. The van der Waals surface area contributed by atoms with E-state index >= 15 is 0 Å². The van der Waals surface area contributed by atoms with Gasteiger partial charge < -0.3 is 10.5 Å². The van der Waals surface area contributed by atoms with Crippen LogP contribution >= 0.6 is 0 Å². The van der Waals surface area contributed by atoms with E-state index in [0.29, 0.717) is 5.56 Å². The van der Waals surface area contributed by atoms with Gasteiger partial charge in [-0.05, 0) is 6.07 Å². The molecule has 0 amide bonds. The minimum atomic E-state index is -0.998. The summed E-state index contributed by atoms with van der Waals surface area (Å²) in [6, 6.07) is 1.87. The lowest BCUT2D eigenvalue weighted by atomic mass is 10.1. The number of hydrogen-bond donors (Lipinski definition) is 1. The van der Waals surface area contributed by atoms with Crippen molar-refractivity contribution >= 4 is 17.7 Å². The standard InChI is InChI=1S/C11H11F2NO2/c1-16-11(15)4-2-3-7-5-8(12)9(13)6-10(7)14/h2-3,5-6H,4,14H2,1H3. The van der Waals surface area contributed by atoms with Gasteiger partial charge in [0.05, 0.1) is 13.5 Å². The second-order valence-electron chi connectivity index (χ2n) is 3.08. The fraction of sp³-hybridized carbons (Fsp3) is 0.182. The van der Waals surface area contributed by atoms with Crippen molar-refractivity contribution in [1.29, 1.82) is 0 Å². The number of methoxy groups -OCH3 is 1. The maximum atomic E-state index is 12.9. The molecule has 1 aromatic rings. The third-order valence-corrected chi connectivity index (χ3v) is 1.94. The fourth-order valence-electron chi connectivity index (χ4n) is 1.09. The van der Waals surface area contributed by atoms with Crippen LogP contribution in [0.4, 0.5) is 14.5 Å². The molecular formula is C11H11F2NO2. The molecule has 3 nitrogen and oxygen atoms in total. The number of anilines is 1. The van der Waals surface area contributed by atoms with Crippen molar-refractivity contribution in [2.75, 3.05) is 12.8 Å². The molecule has 86 valence electrons. The largest absolute Gasteiger partial charge is 0.469 e. The zero-order valence-corrected chi connectivity index (χ0v) is 8.67. The Labute approximate surface area is 91.5 Å². The second-order valence-corrected chi connectivity index (χ2v) is 3.08. The molecule has 0 spiro atoms. The quantitative estimate of drug-likeness (QED) is 0.635. The molecule has 0 aliphatic heterocycles. The van der Waals surface area contributed by atoms with Crippen molar-refractivity contribution in [2.24, 2.45) is 0 Å². The van der Waals surface area contributed by atoms with Gasteiger partial charge in [0, 0.05) is 17.3 Å². The Morgan fingerprint density at radius 2 is 2.06 bits per heavy atom. The van der Waals surface area contributed by atoms with Crippen LogP contribution < -0.4 is 5.73 Å². The fourth-order valence-corrected chi connectivity index (χ4v) is 1.09. The summed E-state index contributed by atoms with van der Waals surface area (Å²) < 4.78 is 30.0. The predicted molar refractivity (Wildman–Crippen MR) is 56.4 cm³/mol. The Hall–Kier alpha value is -1.91. The zero-order valence-electron chi connectivity index (χ0n) is 8.67. The van der Waals surface area contributed by atoms with Crippen molar-refractivity contribution < 1.29 is 18.3 Å². The number of rotatable bonds is 3. The molecule has 1 aromatic carbocycles. The molecule has 0 unspecified atom stereocenters. The summed E-state index contributed by atoms with van der Waals surface area (Å²) >= 11 is 0. The third-order valence-electron chi connectivity index (χ3n) is 1.94. The Balaban J connectivity index is 2.81. The van der Waals surface area contributed by atoms with Crippen LogP contribution in [0.2, 0.25) is 0 Å². The molecule has 0 aliphatic rings. The Kier molecular flexibility index (Phi) is 3.99. The Bertz CT molecular complexity index is 430. The highest BCUT2D eigenvalue weighted by atomic mass is 19.2. The number of halogens is 2. The van der Waals surface area contributed by atoms with Crippen LogP contribution in [0.5, 0.6) is 0 Å². The minimum Gasteiger partial charge on any atom is -0.469 e. The smallest absolute Gasteiger partial charge is 0.309 e. The van der Waals surface area contributed by atoms with E-state index in [1.165, 1.54) is 19.3 Å². The first kappa shape index (κ1) is 12.2. The number of nitrogens with two attached hydrogens (primary N) is 1. The molecule has 0 heterocycles. The normalized spacial score (nSPS) is 10.7. The van der Waals surface area contributed by atoms with Gasteiger partial charge in [0.15, 0.2) is 11.6 Å². The molecule has 1 rings (SSSR count). The number of nitrogen functional groups attached to an aromatic ring is 1. The summed E-state index contributed by atoms with van der Waals surface area (Å²) in [6.07, 6.45) is 2.96. The lowest BCUT2D eigenvalue weighted by Gasteiger charge is -2.01. The Morgan fingerprint density at radius 3 is 2.69 bits per heavy atom. The molecular weight excluding hydrogens is 216 g/mol. The molecule has 0 saturated carbocycles. The highest BCUT2D eigenvalue weighted by Crippen LogP contribution is 2.18. The summed E-state index contributed by atoms with van der Waals surface area (Å²) in [5.74, 6) is -2.40. The van der Waals surface area contributed by atoms with Crippen LogP contribution in [0.15, 0.2) is 18.2 Å². The summed E-state index contributed by atoms with van der Waals surface area (Å²) in [7, 11) is 1.27. The molecule has 0 bridgehead atoms. The van der Waals surface area contributed by atoms with Gasteiger partial charge in [-0.15, -0.1) is 0 Å². The highest BCUT2D eigenvalue weighted by molar-refractivity contribution is 5.73. The molecule has 5 heteroatoms. The summed E-state index contributed by atoms with van der Waals surface area (Å²) in [6.45, 7) is 0. The van der Waals surface area contributed by atoms with E-state index in [1.807, 2.05) is 0 Å². The molecule has 0 aliphatic carbocycles. The molecule has 0 atom stereocenters. The number of ether oxygens (including phenoxy) is 1. The van der Waals surface area contributed by atoms with Crippen LogP contribution in [0.1, 0.15) is 12.0 Å². The van der Waals surface area contributed by atoms with Crippen molar-refractivity contribution in [3.63, 3.8) is 0 Å². The van der Waals surface area contributed by atoms with Crippen molar-refractivity contribution in [3.8, 4) is 0 Å². The van der Waals surface area contributed by atoms with E-state index in [1.54, 1.807) is 0 Å². The predicted octanol–water partition coefficient (Wildman–Crippen LogP) is 2.12. The van der Waals surface area contributed by atoms with Gasteiger partial charge in [-0.2, -0.15) is 0 Å². The lowest BCUT2D eigenvalue weighted by Crippen LogP contribution is -1.97. The molecule has 0 aromatic heterocycles. The number of hydrogen-bond acceptors (Lipinski definition) is 3. The second kappa shape index (κ2) is 5.25. The molecule has 2 N–H and O–H groups in total. The number of carbonyl (C=O) groups is 1. The average Bonchev–Trinajstić information content (AvgIpc) is 2.25. The SMILES string of the molecule is COC(=O)CC=Cc1cc(F)c(F)cc1N.